The van der Waals surface area contributed by atoms with E-state index in [9.17, 15) is 4.79 Å². The standard InChI is InChI=1S/C15H14Cl2N2O2S/c1-8-3-4-12(21-2)9(5-8)11-7-22-14(18-11)19-13(20)10-6-15(10,16)17/h3-5,7,10H,6H2,1-2H3,(H,18,19,20). The number of halogens is 2. The fourth-order valence-electron chi connectivity index (χ4n) is 2.17. The summed E-state index contributed by atoms with van der Waals surface area (Å²) >= 11 is 13.2. The molecule has 116 valence electrons. The van der Waals surface area contributed by atoms with Crippen LogP contribution in [0.25, 0.3) is 11.3 Å². The Balaban J connectivity index is 1.79. The second kappa shape index (κ2) is 5.72. The van der Waals surface area contributed by atoms with Gasteiger partial charge in [-0.25, -0.2) is 4.98 Å². The molecule has 2 aromatic rings. The maximum Gasteiger partial charge on any atom is 0.232 e. The molecular formula is C15H14Cl2N2O2S. The Bertz CT molecular complexity index is 730. The molecule has 1 fully saturated rings. The molecule has 1 unspecified atom stereocenters. The highest BCUT2D eigenvalue weighted by Crippen LogP contribution is 2.53. The van der Waals surface area contributed by atoms with Crippen LogP contribution in [0.15, 0.2) is 23.6 Å². The Morgan fingerprint density at radius 3 is 2.86 bits per heavy atom. The number of aromatic nitrogens is 1. The van der Waals surface area contributed by atoms with Gasteiger partial charge in [-0.15, -0.1) is 34.5 Å². The van der Waals surface area contributed by atoms with Crippen LogP contribution in [-0.4, -0.2) is 22.3 Å². The highest BCUT2D eigenvalue weighted by atomic mass is 35.5. The van der Waals surface area contributed by atoms with Crippen LogP contribution in [0, 0.1) is 12.8 Å². The summed E-state index contributed by atoms with van der Waals surface area (Å²) in [6.45, 7) is 2.01. The van der Waals surface area contributed by atoms with Gasteiger partial charge in [-0.05, 0) is 25.5 Å². The molecule has 1 aliphatic carbocycles. The second-order valence-corrected chi connectivity index (χ2v) is 7.65. The Morgan fingerprint density at radius 1 is 1.50 bits per heavy atom. The first-order valence-electron chi connectivity index (χ1n) is 6.70. The molecule has 7 heteroatoms. The summed E-state index contributed by atoms with van der Waals surface area (Å²) in [5, 5.41) is 5.17. The zero-order chi connectivity index (χ0) is 15.9. The number of nitrogens with one attached hydrogen (secondary N) is 1. The molecule has 1 atom stereocenters. The number of rotatable bonds is 4. The Hall–Kier alpha value is -1.30. The number of thiazole rings is 1. The average molecular weight is 357 g/mol. The molecule has 1 aromatic heterocycles. The summed E-state index contributed by atoms with van der Waals surface area (Å²) in [7, 11) is 1.62. The molecule has 0 bridgehead atoms. The van der Waals surface area contributed by atoms with Crippen molar-refractivity contribution in [1.29, 1.82) is 0 Å². The number of carbonyl (C=O) groups is 1. The summed E-state index contributed by atoms with van der Waals surface area (Å²) in [5.74, 6) is 0.190. The molecule has 1 N–H and O–H groups in total. The Morgan fingerprint density at radius 2 is 2.23 bits per heavy atom. The zero-order valence-electron chi connectivity index (χ0n) is 12.0. The van der Waals surface area contributed by atoms with Crippen LogP contribution in [0.2, 0.25) is 0 Å². The van der Waals surface area contributed by atoms with E-state index in [1.165, 1.54) is 11.3 Å². The fraction of sp³-hybridized carbons (Fsp3) is 0.333. The van der Waals surface area contributed by atoms with Crippen molar-refractivity contribution >= 4 is 45.6 Å². The molecule has 4 nitrogen and oxygen atoms in total. The molecule has 1 aliphatic rings. The van der Waals surface area contributed by atoms with E-state index in [1.54, 1.807) is 7.11 Å². The molecule has 1 amide bonds. The maximum absolute atomic E-state index is 12.0. The quantitative estimate of drug-likeness (QED) is 0.832. The van der Waals surface area contributed by atoms with Gasteiger partial charge >= 0.3 is 0 Å². The summed E-state index contributed by atoms with van der Waals surface area (Å²) in [4.78, 5) is 16.4. The lowest BCUT2D eigenvalue weighted by molar-refractivity contribution is -0.117. The van der Waals surface area contributed by atoms with Gasteiger partial charge in [0, 0.05) is 10.9 Å². The van der Waals surface area contributed by atoms with E-state index in [2.05, 4.69) is 10.3 Å². The summed E-state index contributed by atoms with van der Waals surface area (Å²) in [6, 6.07) is 5.88. The van der Waals surface area contributed by atoms with Gasteiger partial charge in [-0.3, -0.25) is 4.79 Å². The van der Waals surface area contributed by atoms with Crippen LogP contribution in [-0.2, 0) is 4.79 Å². The first-order valence-corrected chi connectivity index (χ1v) is 8.33. The number of hydrogen-bond acceptors (Lipinski definition) is 4. The lowest BCUT2D eigenvalue weighted by Crippen LogP contribution is -2.16. The van der Waals surface area contributed by atoms with Crippen molar-refractivity contribution in [1.82, 2.24) is 4.98 Å². The predicted octanol–water partition coefficient (Wildman–Crippen LogP) is 4.26. The fourth-order valence-corrected chi connectivity index (χ4v) is 3.39. The number of nitrogens with zero attached hydrogens (tertiary/aromatic N) is 1. The van der Waals surface area contributed by atoms with Crippen LogP contribution < -0.4 is 10.1 Å². The number of benzene rings is 1. The van der Waals surface area contributed by atoms with Gasteiger partial charge in [0.2, 0.25) is 5.91 Å². The van der Waals surface area contributed by atoms with Crippen molar-refractivity contribution in [3.8, 4) is 17.0 Å². The highest BCUT2D eigenvalue weighted by Gasteiger charge is 2.56. The number of aryl methyl sites for hydroxylation is 1. The van der Waals surface area contributed by atoms with Crippen LogP contribution >= 0.6 is 34.5 Å². The van der Waals surface area contributed by atoms with Gasteiger partial charge in [-0.1, -0.05) is 11.6 Å². The highest BCUT2D eigenvalue weighted by molar-refractivity contribution is 7.14. The Kier molecular flexibility index (Phi) is 4.05. The van der Waals surface area contributed by atoms with Gasteiger partial charge in [0.25, 0.3) is 0 Å². The number of alkyl halides is 2. The summed E-state index contributed by atoms with van der Waals surface area (Å²) < 4.78 is 4.44. The van der Waals surface area contributed by atoms with Crippen LogP contribution in [0.5, 0.6) is 5.75 Å². The van der Waals surface area contributed by atoms with Gasteiger partial charge in [0.1, 0.15) is 10.1 Å². The normalized spacial score (nSPS) is 18.8. The van der Waals surface area contributed by atoms with Gasteiger partial charge in [0.15, 0.2) is 5.13 Å². The molecule has 3 rings (SSSR count). The zero-order valence-corrected chi connectivity index (χ0v) is 14.4. The average Bonchev–Trinajstić information content (AvgIpc) is 2.90. The third-order valence-electron chi connectivity index (χ3n) is 3.51. The largest absolute Gasteiger partial charge is 0.496 e. The smallest absolute Gasteiger partial charge is 0.232 e. The van der Waals surface area contributed by atoms with E-state index in [4.69, 9.17) is 27.9 Å². The topological polar surface area (TPSA) is 51.2 Å². The first-order chi connectivity index (χ1) is 10.4. The van der Waals surface area contributed by atoms with Crippen LogP contribution in [0.3, 0.4) is 0 Å². The van der Waals surface area contributed by atoms with Crippen molar-refractivity contribution in [3.63, 3.8) is 0 Å². The van der Waals surface area contributed by atoms with E-state index in [-0.39, 0.29) is 11.8 Å². The number of amides is 1. The maximum atomic E-state index is 12.0. The van der Waals surface area contributed by atoms with Gasteiger partial charge < -0.3 is 10.1 Å². The van der Waals surface area contributed by atoms with Crippen molar-refractivity contribution in [2.24, 2.45) is 5.92 Å². The van der Waals surface area contributed by atoms with E-state index in [0.717, 1.165) is 22.6 Å². The molecule has 0 radical (unpaired) electrons. The molecule has 0 spiro atoms. The van der Waals surface area contributed by atoms with Crippen molar-refractivity contribution in [2.75, 3.05) is 12.4 Å². The van der Waals surface area contributed by atoms with Crippen LogP contribution in [0.4, 0.5) is 5.13 Å². The number of carbonyl (C=O) groups excluding carboxylic acids is 1. The minimum Gasteiger partial charge on any atom is -0.496 e. The minimum atomic E-state index is -0.927. The Labute approximate surface area is 142 Å². The number of ether oxygens (including phenoxy) is 1. The van der Waals surface area contributed by atoms with Crippen molar-refractivity contribution in [3.05, 3.63) is 29.1 Å². The second-order valence-electron chi connectivity index (χ2n) is 5.25. The van der Waals surface area contributed by atoms with Crippen molar-refractivity contribution in [2.45, 2.75) is 17.7 Å². The number of methoxy groups -OCH3 is 1. The van der Waals surface area contributed by atoms with Crippen molar-refractivity contribution < 1.29 is 9.53 Å². The third-order valence-corrected chi connectivity index (χ3v) is 5.10. The monoisotopic (exact) mass is 356 g/mol. The third kappa shape index (κ3) is 3.07. The molecule has 0 aliphatic heterocycles. The first kappa shape index (κ1) is 15.6. The molecule has 1 heterocycles. The summed E-state index contributed by atoms with van der Waals surface area (Å²) in [6.07, 6.45) is 0.478. The van der Waals surface area contributed by atoms with Crippen LogP contribution in [0.1, 0.15) is 12.0 Å². The molecular weight excluding hydrogens is 343 g/mol. The SMILES string of the molecule is COc1ccc(C)cc1-c1csc(NC(=O)C2CC2(Cl)Cl)n1. The molecule has 22 heavy (non-hydrogen) atoms. The summed E-state index contributed by atoms with van der Waals surface area (Å²) in [5.41, 5.74) is 2.77. The lowest BCUT2D eigenvalue weighted by atomic mass is 10.1. The minimum absolute atomic E-state index is 0.192. The van der Waals surface area contributed by atoms with E-state index in [1.807, 2.05) is 30.5 Å². The number of hydrogen-bond donors (Lipinski definition) is 1. The molecule has 1 saturated carbocycles. The van der Waals surface area contributed by atoms with Gasteiger partial charge in [-0.2, -0.15) is 0 Å². The molecule has 0 saturated heterocycles. The van der Waals surface area contributed by atoms with Gasteiger partial charge in [0.05, 0.1) is 18.7 Å². The number of anilines is 1. The van der Waals surface area contributed by atoms with E-state index in [0.29, 0.717) is 11.6 Å². The molecule has 1 aromatic carbocycles. The van der Waals surface area contributed by atoms with E-state index >= 15 is 0 Å². The van der Waals surface area contributed by atoms with E-state index < -0.39 is 4.33 Å². The predicted molar refractivity (Wildman–Crippen MR) is 90.0 cm³/mol. The lowest BCUT2D eigenvalue weighted by Gasteiger charge is -2.07.